The van der Waals surface area contributed by atoms with E-state index in [0.29, 0.717) is 5.41 Å². The van der Waals surface area contributed by atoms with Gasteiger partial charge in [-0.1, -0.05) is 37.3 Å². The molecule has 146 valence electrons. The molecule has 28 heavy (non-hydrogen) atoms. The van der Waals surface area contributed by atoms with E-state index in [0.717, 1.165) is 36.7 Å². The molecule has 0 bridgehead atoms. The number of aryl methyl sites for hydroxylation is 1. The molecular weight excluding hydrogens is 364 g/mol. The van der Waals surface area contributed by atoms with Crippen LogP contribution >= 0.6 is 11.3 Å². The summed E-state index contributed by atoms with van der Waals surface area (Å²) in [7, 11) is 0. The lowest BCUT2D eigenvalue weighted by Gasteiger charge is -2.41. The molecule has 4 nitrogen and oxygen atoms in total. The first-order chi connectivity index (χ1) is 13.7. The summed E-state index contributed by atoms with van der Waals surface area (Å²) in [5.41, 5.74) is 1.84. The Morgan fingerprint density at radius 2 is 1.96 bits per heavy atom. The van der Waals surface area contributed by atoms with Crippen LogP contribution in [0.25, 0.3) is 10.2 Å². The van der Waals surface area contributed by atoms with Gasteiger partial charge in [0.1, 0.15) is 17.0 Å². The number of anilines is 1. The molecular formula is C23H28N4S. The van der Waals surface area contributed by atoms with Crippen molar-refractivity contribution in [1.29, 1.82) is 0 Å². The number of aromatic nitrogens is 2. The Labute approximate surface area is 171 Å². The monoisotopic (exact) mass is 392 g/mol. The number of thiophene rings is 1. The highest BCUT2D eigenvalue weighted by molar-refractivity contribution is 7.18. The summed E-state index contributed by atoms with van der Waals surface area (Å²) in [6, 6.07) is 13.2. The van der Waals surface area contributed by atoms with Gasteiger partial charge < -0.3 is 4.90 Å². The van der Waals surface area contributed by atoms with Gasteiger partial charge in [-0.15, -0.1) is 11.3 Å². The number of hydrogen-bond donors (Lipinski definition) is 0. The van der Waals surface area contributed by atoms with Gasteiger partial charge in [-0.2, -0.15) is 0 Å². The molecule has 1 aromatic carbocycles. The van der Waals surface area contributed by atoms with Crippen molar-refractivity contribution in [3.8, 4) is 0 Å². The van der Waals surface area contributed by atoms with Gasteiger partial charge in [-0.05, 0) is 43.9 Å². The van der Waals surface area contributed by atoms with Crippen LogP contribution in [0.1, 0.15) is 36.6 Å². The van der Waals surface area contributed by atoms with E-state index in [9.17, 15) is 0 Å². The maximum absolute atomic E-state index is 4.73. The third-order valence-corrected chi connectivity index (χ3v) is 7.62. The molecule has 4 heterocycles. The van der Waals surface area contributed by atoms with Crippen LogP contribution in [0.4, 0.5) is 5.82 Å². The Morgan fingerprint density at radius 3 is 2.82 bits per heavy atom. The normalized spacial score (nSPS) is 23.1. The maximum atomic E-state index is 4.73. The van der Waals surface area contributed by atoms with Crippen molar-refractivity contribution in [2.75, 3.05) is 31.1 Å². The molecule has 3 aromatic rings. The second-order valence-electron chi connectivity index (χ2n) is 8.45. The molecule has 1 spiro atoms. The number of fused-ring (bicyclic) bond motifs is 1. The molecule has 0 unspecified atom stereocenters. The lowest BCUT2D eigenvalue weighted by molar-refractivity contribution is 0.216. The van der Waals surface area contributed by atoms with E-state index >= 15 is 0 Å². The third kappa shape index (κ3) is 3.42. The summed E-state index contributed by atoms with van der Waals surface area (Å²) in [6.07, 6.45) is 6.72. The van der Waals surface area contributed by atoms with Gasteiger partial charge in [0.05, 0.1) is 5.39 Å². The molecule has 1 atom stereocenters. The number of likely N-dealkylation sites (tertiary alicyclic amines) is 1. The largest absolute Gasteiger partial charge is 0.355 e. The highest BCUT2D eigenvalue weighted by Crippen LogP contribution is 2.42. The average Bonchev–Trinajstić information content (AvgIpc) is 3.32. The number of hydrogen-bond acceptors (Lipinski definition) is 5. The minimum Gasteiger partial charge on any atom is -0.355 e. The first-order valence-electron chi connectivity index (χ1n) is 10.5. The van der Waals surface area contributed by atoms with Crippen molar-refractivity contribution in [2.24, 2.45) is 5.41 Å². The number of nitrogens with zero attached hydrogens (tertiary/aromatic N) is 4. The predicted molar refractivity (Wildman–Crippen MR) is 117 cm³/mol. The molecule has 2 aromatic heterocycles. The SMILES string of the molecule is CCc1cc2c(N3CCC[C@@]4(CCN(Cc5ccccc5)C4)C3)ncnc2s1. The van der Waals surface area contributed by atoms with Crippen LogP contribution in [-0.2, 0) is 13.0 Å². The second-order valence-corrected chi connectivity index (χ2v) is 9.57. The van der Waals surface area contributed by atoms with Gasteiger partial charge in [0.15, 0.2) is 0 Å². The third-order valence-electron chi connectivity index (χ3n) is 6.44. The smallest absolute Gasteiger partial charge is 0.140 e. The van der Waals surface area contributed by atoms with Crippen LogP contribution in [0.2, 0.25) is 0 Å². The van der Waals surface area contributed by atoms with Gasteiger partial charge in [0.25, 0.3) is 0 Å². The minimum atomic E-state index is 0.411. The summed E-state index contributed by atoms with van der Waals surface area (Å²) >= 11 is 1.81. The maximum Gasteiger partial charge on any atom is 0.140 e. The molecule has 0 aliphatic carbocycles. The fraction of sp³-hybridized carbons (Fsp3) is 0.478. The van der Waals surface area contributed by atoms with Crippen LogP contribution < -0.4 is 4.90 Å². The topological polar surface area (TPSA) is 32.3 Å². The number of rotatable bonds is 4. The molecule has 2 saturated heterocycles. The zero-order chi connectivity index (χ0) is 19.0. The molecule has 2 fully saturated rings. The lowest BCUT2D eigenvalue weighted by atomic mass is 9.79. The first kappa shape index (κ1) is 18.1. The Hall–Kier alpha value is -1.98. The van der Waals surface area contributed by atoms with E-state index in [-0.39, 0.29) is 0 Å². The van der Waals surface area contributed by atoms with Crippen molar-refractivity contribution in [1.82, 2.24) is 14.9 Å². The Bertz CT molecular complexity index is 954. The van der Waals surface area contributed by atoms with E-state index in [1.165, 1.54) is 48.2 Å². The summed E-state index contributed by atoms with van der Waals surface area (Å²) in [5, 5.41) is 1.25. The van der Waals surface area contributed by atoms with Crippen molar-refractivity contribution in [3.63, 3.8) is 0 Å². The van der Waals surface area contributed by atoms with E-state index in [1.807, 2.05) is 11.3 Å². The zero-order valence-electron chi connectivity index (χ0n) is 16.6. The van der Waals surface area contributed by atoms with Gasteiger partial charge in [0.2, 0.25) is 0 Å². The first-order valence-corrected chi connectivity index (χ1v) is 11.3. The van der Waals surface area contributed by atoms with Crippen LogP contribution in [0, 0.1) is 5.41 Å². The van der Waals surface area contributed by atoms with Crippen LogP contribution in [-0.4, -0.2) is 41.0 Å². The average molecular weight is 393 g/mol. The van der Waals surface area contributed by atoms with E-state index in [1.54, 1.807) is 6.33 Å². The number of piperidine rings is 1. The van der Waals surface area contributed by atoms with Gasteiger partial charge >= 0.3 is 0 Å². The molecule has 0 N–H and O–H groups in total. The van der Waals surface area contributed by atoms with Crippen molar-refractivity contribution in [2.45, 2.75) is 39.2 Å². The fourth-order valence-corrected chi connectivity index (χ4v) is 5.97. The standard InChI is InChI=1S/C23H28N4S/c1-2-19-13-20-21(24-17-25-22(20)28-19)27-11-6-9-23(16-27)10-12-26(15-23)14-18-7-4-3-5-8-18/h3-5,7-8,13,17H,2,6,9-12,14-16H2,1H3/t23-/m0/s1. The summed E-state index contributed by atoms with van der Waals surface area (Å²) in [6.45, 7) is 7.95. The Kier molecular flexibility index (Phi) is 4.81. The van der Waals surface area contributed by atoms with Gasteiger partial charge in [-0.25, -0.2) is 9.97 Å². The Balaban J connectivity index is 1.35. The molecule has 0 saturated carbocycles. The molecule has 5 rings (SSSR count). The van der Waals surface area contributed by atoms with Crippen molar-refractivity contribution < 1.29 is 0 Å². The summed E-state index contributed by atoms with van der Waals surface area (Å²) in [5.74, 6) is 1.15. The predicted octanol–water partition coefficient (Wildman–Crippen LogP) is 4.75. The fourth-order valence-electron chi connectivity index (χ4n) is 5.05. The molecule has 0 radical (unpaired) electrons. The van der Waals surface area contributed by atoms with Crippen LogP contribution in [0.3, 0.4) is 0 Å². The zero-order valence-corrected chi connectivity index (χ0v) is 17.4. The van der Waals surface area contributed by atoms with E-state index < -0.39 is 0 Å². The van der Waals surface area contributed by atoms with Gasteiger partial charge in [0, 0.05) is 36.5 Å². The van der Waals surface area contributed by atoms with E-state index in [4.69, 9.17) is 4.98 Å². The highest BCUT2D eigenvalue weighted by Gasteiger charge is 2.41. The Morgan fingerprint density at radius 1 is 1.07 bits per heavy atom. The van der Waals surface area contributed by atoms with Crippen molar-refractivity contribution >= 4 is 27.4 Å². The summed E-state index contributed by atoms with van der Waals surface area (Å²) in [4.78, 5) is 17.0. The molecule has 5 heteroatoms. The minimum absolute atomic E-state index is 0.411. The second kappa shape index (κ2) is 7.45. The lowest BCUT2D eigenvalue weighted by Crippen LogP contribution is -2.45. The quantitative estimate of drug-likeness (QED) is 0.642. The van der Waals surface area contributed by atoms with Crippen LogP contribution in [0.15, 0.2) is 42.7 Å². The van der Waals surface area contributed by atoms with Crippen LogP contribution in [0.5, 0.6) is 0 Å². The molecule has 2 aliphatic rings. The number of benzene rings is 1. The molecule has 0 amide bonds. The molecule has 2 aliphatic heterocycles. The summed E-state index contributed by atoms with van der Waals surface area (Å²) < 4.78 is 0. The highest BCUT2D eigenvalue weighted by atomic mass is 32.1. The van der Waals surface area contributed by atoms with E-state index in [2.05, 4.69) is 58.1 Å². The van der Waals surface area contributed by atoms with Crippen molar-refractivity contribution in [3.05, 3.63) is 53.2 Å². The van der Waals surface area contributed by atoms with Gasteiger partial charge in [-0.3, -0.25) is 4.90 Å².